The Kier molecular flexibility index (Phi) is 4.92. The van der Waals surface area contributed by atoms with Gasteiger partial charge in [-0.25, -0.2) is 0 Å². The molecule has 0 heterocycles. The molecule has 0 bridgehead atoms. The van der Waals surface area contributed by atoms with Gasteiger partial charge in [-0.15, -0.1) is 0 Å². The monoisotopic (exact) mass is 416 g/mol. The third-order valence-electron chi connectivity index (χ3n) is 6.55. The molecule has 2 aliphatic rings. The molecule has 2 nitrogen and oxygen atoms in total. The summed E-state index contributed by atoms with van der Waals surface area (Å²) in [6.45, 7) is 0. The lowest BCUT2D eigenvalue weighted by molar-refractivity contribution is 1.11. The number of rotatable bonds is 7. The number of nitrogens with one attached hydrogen (secondary N) is 2. The summed E-state index contributed by atoms with van der Waals surface area (Å²) in [7, 11) is 0. The van der Waals surface area contributed by atoms with Gasteiger partial charge in [-0.1, -0.05) is 48.5 Å². The number of para-hydroxylation sites is 2. The van der Waals surface area contributed by atoms with E-state index in [4.69, 9.17) is 0 Å². The molecule has 0 aliphatic heterocycles. The Morgan fingerprint density at radius 2 is 0.844 bits per heavy atom. The van der Waals surface area contributed by atoms with Gasteiger partial charge in [0.1, 0.15) is 0 Å². The van der Waals surface area contributed by atoms with Crippen molar-refractivity contribution in [1.82, 2.24) is 0 Å². The highest BCUT2D eigenvalue weighted by molar-refractivity contribution is 5.78. The maximum atomic E-state index is 3.58. The van der Waals surface area contributed by atoms with Gasteiger partial charge in [0, 0.05) is 22.7 Å². The SMILES string of the molecule is c1ccc(Nc2ccc(-c3ccc(Nc4ccccc4)cc3C3CC3)c(C3CC3)c2)cc1. The third kappa shape index (κ3) is 4.13. The molecule has 0 radical (unpaired) electrons. The summed E-state index contributed by atoms with van der Waals surface area (Å²) in [5, 5.41) is 7.16. The summed E-state index contributed by atoms with van der Waals surface area (Å²) < 4.78 is 0. The van der Waals surface area contributed by atoms with Gasteiger partial charge in [-0.05, 0) is 108 Å². The fraction of sp³-hybridized carbons (Fsp3) is 0.200. The zero-order valence-corrected chi connectivity index (χ0v) is 18.2. The maximum Gasteiger partial charge on any atom is 0.0387 e. The van der Waals surface area contributed by atoms with Crippen molar-refractivity contribution in [2.24, 2.45) is 0 Å². The Morgan fingerprint density at radius 3 is 1.22 bits per heavy atom. The van der Waals surface area contributed by atoms with Crippen LogP contribution in [0, 0.1) is 0 Å². The van der Waals surface area contributed by atoms with E-state index >= 15 is 0 Å². The van der Waals surface area contributed by atoms with E-state index in [-0.39, 0.29) is 0 Å². The van der Waals surface area contributed by atoms with Crippen LogP contribution in [0.3, 0.4) is 0 Å². The van der Waals surface area contributed by atoms with Crippen LogP contribution in [-0.4, -0.2) is 0 Å². The topological polar surface area (TPSA) is 24.1 Å². The molecule has 6 rings (SSSR count). The molecular weight excluding hydrogens is 388 g/mol. The molecule has 0 saturated heterocycles. The molecule has 0 unspecified atom stereocenters. The van der Waals surface area contributed by atoms with Crippen LogP contribution in [0.2, 0.25) is 0 Å². The Balaban J connectivity index is 1.35. The predicted octanol–water partition coefficient (Wildman–Crippen LogP) is 8.60. The second-order valence-corrected chi connectivity index (χ2v) is 9.13. The molecule has 0 spiro atoms. The molecule has 0 atom stereocenters. The van der Waals surface area contributed by atoms with Gasteiger partial charge in [0.25, 0.3) is 0 Å². The second-order valence-electron chi connectivity index (χ2n) is 9.13. The van der Waals surface area contributed by atoms with Crippen LogP contribution in [-0.2, 0) is 0 Å². The maximum absolute atomic E-state index is 3.58. The van der Waals surface area contributed by atoms with E-state index in [1.165, 1.54) is 59.3 Å². The lowest BCUT2D eigenvalue weighted by Gasteiger charge is -2.18. The molecule has 2 N–H and O–H groups in total. The smallest absolute Gasteiger partial charge is 0.0387 e. The third-order valence-corrected chi connectivity index (χ3v) is 6.55. The molecule has 4 aromatic carbocycles. The van der Waals surface area contributed by atoms with E-state index in [1.54, 1.807) is 0 Å². The van der Waals surface area contributed by atoms with Crippen molar-refractivity contribution < 1.29 is 0 Å². The Labute approximate surface area is 190 Å². The molecule has 0 amide bonds. The van der Waals surface area contributed by atoms with Gasteiger partial charge in [-0.3, -0.25) is 0 Å². The van der Waals surface area contributed by atoms with E-state index in [1.807, 2.05) is 0 Å². The summed E-state index contributed by atoms with van der Waals surface area (Å²) in [6, 6.07) is 34.8. The van der Waals surface area contributed by atoms with Gasteiger partial charge in [-0.2, -0.15) is 0 Å². The van der Waals surface area contributed by atoms with Crippen LogP contribution < -0.4 is 10.6 Å². The first-order valence-corrected chi connectivity index (χ1v) is 11.8. The van der Waals surface area contributed by atoms with E-state index in [2.05, 4.69) is 108 Å². The van der Waals surface area contributed by atoms with Gasteiger partial charge < -0.3 is 10.6 Å². The van der Waals surface area contributed by atoms with E-state index in [0.29, 0.717) is 11.8 Å². The summed E-state index contributed by atoms with van der Waals surface area (Å²) in [4.78, 5) is 0. The molecule has 2 aliphatic carbocycles. The summed E-state index contributed by atoms with van der Waals surface area (Å²) >= 11 is 0. The summed E-state index contributed by atoms with van der Waals surface area (Å²) in [5.41, 5.74) is 10.5. The molecule has 2 fully saturated rings. The van der Waals surface area contributed by atoms with Crippen molar-refractivity contribution >= 4 is 22.7 Å². The first-order chi connectivity index (χ1) is 15.8. The van der Waals surface area contributed by atoms with Gasteiger partial charge in [0.15, 0.2) is 0 Å². The van der Waals surface area contributed by atoms with Crippen molar-refractivity contribution in [2.75, 3.05) is 10.6 Å². The van der Waals surface area contributed by atoms with Crippen molar-refractivity contribution in [1.29, 1.82) is 0 Å². The number of anilines is 4. The quantitative estimate of drug-likeness (QED) is 0.315. The molecular formula is C30H28N2. The van der Waals surface area contributed by atoms with Gasteiger partial charge in [0.05, 0.1) is 0 Å². The minimum atomic E-state index is 0.691. The highest BCUT2D eigenvalue weighted by Crippen LogP contribution is 2.50. The van der Waals surface area contributed by atoms with E-state index < -0.39 is 0 Å². The summed E-state index contributed by atoms with van der Waals surface area (Å²) in [6.07, 6.45) is 5.20. The largest absolute Gasteiger partial charge is 0.356 e. The number of benzene rings is 4. The molecule has 4 aromatic rings. The lowest BCUT2D eigenvalue weighted by atomic mass is 9.90. The minimum absolute atomic E-state index is 0.691. The minimum Gasteiger partial charge on any atom is -0.356 e. The summed E-state index contributed by atoms with van der Waals surface area (Å²) in [5.74, 6) is 1.38. The first kappa shape index (κ1) is 19.2. The first-order valence-electron chi connectivity index (χ1n) is 11.8. The van der Waals surface area contributed by atoms with Crippen LogP contribution in [0.4, 0.5) is 22.7 Å². The highest BCUT2D eigenvalue weighted by Gasteiger charge is 2.31. The van der Waals surface area contributed by atoms with Gasteiger partial charge in [0.2, 0.25) is 0 Å². The lowest BCUT2D eigenvalue weighted by Crippen LogP contribution is -1.97. The van der Waals surface area contributed by atoms with E-state index in [9.17, 15) is 0 Å². The molecule has 2 heteroatoms. The molecule has 2 saturated carbocycles. The van der Waals surface area contributed by atoms with Crippen molar-refractivity contribution in [2.45, 2.75) is 37.5 Å². The normalized spacial score (nSPS) is 15.4. The van der Waals surface area contributed by atoms with Crippen molar-refractivity contribution in [3.63, 3.8) is 0 Å². The highest BCUT2D eigenvalue weighted by atomic mass is 14.9. The van der Waals surface area contributed by atoms with Crippen LogP contribution >= 0.6 is 0 Å². The number of hydrogen-bond donors (Lipinski definition) is 2. The van der Waals surface area contributed by atoms with Crippen LogP contribution in [0.15, 0.2) is 97.1 Å². The Bertz CT molecular complexity index is 1120. The average molecular weight is 417 g/mol. The average Bonchev–Trinajstić information content (AvgIpc) is 3.74. The predicted molar refractivity (Wildman–Crippen MR) is 135 cm³/mol. The van der Waals surface area contributed by atoms with E-state index in [0.717, 1.165) is 11.4 Å². The fourth-order valence-electron chi connectivity index (χ4n) is 4.61. The van der Waals surface area contributed by atoms with Crippen LogP contribution in [0.25, 0.3) is 11.1 Å². The fourth-order valence-corrected chi connectivity index (χ4v) is 4.61. The Morgan fingerprint density at radius 1 is 0.438 bits per heavy atom. The van der Waals surface area contributed by atoms with Gasteiger partial charge >= 0.3 is 0 Å². The van der Waals surface area contributed by atoms with Crippen molar-refractivity contribution in [3.05, 3.63) is 108 Å². The second kappa shape index (κ2) is 8.20. The van der Waals surface area contributed by atoms with Crippen LogP contribution in [0.1, 0.15) is 48.6 Å². The zero-order valence-electron chi connectivity index (χ0n) is 18.2. The number of hydrogen-bond acceptors (Lipinski definition) is 2. The molecule has 158 valence electrons. The molecule has 32 heavy (non-hydrogen) atoms. The molecule has 0 aromatic heterocycles. The standard InChI is InChI=1S/C30H28N2/c1-3-7-23(8-4-1)31-25-15-17-27(29(19-25)21-11-12-21)28-18-16-26(20-30(28)22-13-14-22)32-24-9-5-2-6-10-24/h1-10,15-22,31-32H,11-14H2. The van der Waals surface area contributed by atoms with Crippen molar-refractivity contribution in [3.8, 4) is 11.1 Å². The van der Waals surface area contributed by atoms with Crippen LogP contribution in [0.5, 0.6) is 0 Å². The Hall–Kier alpha value is -3.52. The zero-order chi connectivity index (χ0) is 21.3.